The van der Waals surface area contributed by atoms with Gasteiger partial charge in [0, 0.05) is 12.2 Å². The number of allylic oxidation sites excluding steroid dienone is 2. The molecule has 0 bridgehead atoms. The zero-order chi connectivity index (χ0) is 20.9. The maximum absolute atomic E-state index is 14.1. The molecular formula is C25H33FN2O. The van der Waals surface area contributed by atoms with Gasteiger partial charge in [-0.1, -0.05) is 44.1 Å². The van der Waals surface area contributed by atoms with Crippen LogP contribution in [0.3, 0.4) is 0 Å². The van der Waals surface area contributed by atoms with Crippen molar-refractivity contribution in [1.29, 1.82) is 0 Å². The van der Waals surface area contributed by atoms with Crippen molar-refractivity contribution in [3.05, 3.63) is 66.1 Å². The molecule has 0 radical (unpaired) electrons. The maximum atomic E-state index is 14.1. The number of hydrogen-bond acceptors (Lipinski definition) is 3. The molecule has 0 saturated heterocycles. The highest BCUT2D eigenvalue weighted by atomic mass is 19.1. The summed E-state index contributed by atoms with van der Waals surface area (Å²) < 4.78 is 19.9. The van der Waals surface area contributed by atoms with Gasteiger partial charge in [-0.05, 0) is 68.9 Å². The van der Waals surface area contributed by atoms with Gasteiger partial charge in [0.1, 0.15) is 5.82 Å². The zero-order valence-electron chi connectivity index (χ0n) is 17.7. The number of nitrogens with zero attached hydrogens (tertiary/aromatic N) is 2. The number of benzene rings is 1. The smallest absolute Gasteiger partial charge is 0.127 e. The van der Waals surface area contributed by atoms with Gasteiger partial charge in [-0.15, -0.1) is 11.7 Å². The van der Waals surface area contributed by atoms with Crippen molar-refractivity contribution >= 4 is 6.08 Å². The Morgan fingerprint density at radius 2 is 2.00 bits per heavy atom. The fraction of sp³-hybridized carbons (Fsp3) is 0.440. The first-order valence-corrected chi connectivity index (χ1v) is 10.7. The van der Waals surface area contributed by atoms with Gasteiger partial charge in [0.15, 0.2) is 0 Å². The lowest BCUT2D eigenvalue weighted by atomic mass is 10.1. The monoisotopic (exact) mass is 396 g/mol. The van der Waals surface area contributed by atoms with Gasteiger partial charge in [0.2, 0.25) is 0 Å². The number of halogens is 1. The Labute approximate surface area is 174 Å². The van der Waals surface area contributed by atoms with E-state index in [0.717, 1.165) is 43.5 Å². The van der Waals surface area contributed by atoms with Gasteiger partial charge in [-0.3, -0.25) is 0 Å². The minimum absolute atomic E-state index is 0.239. The third kappa shape index (κ3) is 8.28. The van der Waals surface area contributed by atoms with Crippen LogP contribution in [0, 0.1) is 5.82 Å². The van der Waals surface area contributed by atoms with Crippen LogP contribution in [-0.4, -0.2) is 22.9 Å². The van der Waals surface area contributed by atoms with E-state index >= 15 is 0 Å². The molecule has 1 aromatic carbocycles. The molecule has 156 valence electrons. The van der Waals surface area contributed by atoms with Crippen molar-refractivity contribution in [1.82, 2.24) is 10.2 Å². The molecule has 0 aliphatic heterocycles. The van der Waals surface area contributed by atoms with Crippen molar-refractivity contribution in [2.24, 2.45) is 0 Å². The highest BCUT2D eigenvalue weighted by Gasteiger charge is 2.06. The van der Waals surface area contributed by atoms with E-state index in [1.807, 2.05) is 24.3 Å². The minimum atomic E-state index is -0.239. The molecule has 2 rings (SSSR count). The molecule has 2 aromatic rings. The normalized spacial score (nSPS) is 12.4. The van der Waals surface area contributed by atoms with E-state index in [-0.39, 0.29) is 5.82 Å². The number of hydrogen-bond donors (Lipinski definition) is 0. The highest BCUT2D eigenvalue weighted by molar-refractivity contribution is 5.60. The van der Waals surface area contributed by atoms with Crippen LogP contribution < -0.4 is 0 Å². The van der Waals surface area contributed by atoms with Crippen molar-refractivity contribution in [3.63, 3.8) is 0 Å². The molecule has 29 heavy (non-hydrogen) atoms. The van der Waals surface area contributed by atoms with Crippen molar-refractivity contribution < 1.29 is 9.13 Å². The van der Waals surface area contributed by atoms with Crippen LogP contribution in [0.1, 0.15) is 63.6 Å². The maximum Gasteiger partial charge on any atom is 0.127 e. The van der Waals surface area contributed by atoms with Crippen LogP contribution >= 0.6 is 0 Å². The van der Waals surface area contributed by atoms with Gasteiger partial charge >= 0.3 is 0 Å². The van der Waals surface area contributed by atoms with Crippen molar-refractivity contribution in [3.8, 4) is 11.3 Å². The summed E-state index contributed by atoms with van der Waals surface area (Å²) in [5, 5.41) is 8.47. The number of unbranched alkanes of at least 4 members (excludes halogenated alkanes) is 3. The van der Waals surface area contributed by atoms with Gasteiger partial charge in [0.25, 0.3) is 0 Å². The first-order chi connectivity index (χ1) is 14.1. The Balaban J connectivity index is 1.77. The molecule has 1 heterocycles. The van der Waals surface area contributed by atoms with E-state index in [1.54, 1.807) is 12.1 Å². The molecule has 0 fully saturated rings. The van der Waals surface area contributed by atoms with E-state index in [2.05, 4.69) is 36.7 Å². The number of aromatic nitrogens is 2. The second-order valence-corrected chi connectivity index (χ2v) is 7.36. The van der Waals surface area contributed by atoms with Crippen LogP contribution in [0.15, 0.2) is 49.1 Å². The molecule has 1 atom stereocenters. The standard InChI is InChI=1S/C25H33FN2O/c1-4-6-10-18-29-20(3)12-8-7-9-13-23-16-17-25(28-27-23)22-15-14-21(11-5-2)24(26)19-22/h5,9,13-17,19-20H,2,4,6-8,10-12,18H2,1,3H3. The summed E-state index contributed by atoms with van der Waals surface area (Å²) in [5.74, 6) is -0.239. The fourth-order valence-corrected chi connectivity index (χ4v) is 3.06. The molecule has 0 saturated carbocycles. The molecule has 0 aliphatic rings. The van der Waals surface area contributed by atoms with Crippen LogP contribution in [0.5, 0.6) is 0 Å². The van der Waals surface area contributed by atoms with Crippen molar-refractivity contribution in [2.45, 2.75) is 64.9 Å². The van der Waals surface area contributed by atoms with E-state index in [1.165, 1.54) is 18.9 Å². The molecular weight excluding hydrogens is 363 g/mol. The lowest BCUT2D eigenvalue weighted by Gasteiger charge is -2.11. The Morgan fingerprint density at radius 3 is 2.69 bits per heavy atom. The fourth-order valence-electron chi connectivity index (χ4n) is 3.06. The first-order valence-electron chi connectivity index (χ1n) is 10.7. The summed E-state index contributed by atoms with van der Waals surface area (Å²) in [7, 11) is 0. The van der Waals surface area contributed by atoms with Gasteiger partial charge in [-0.2, -0.15) is 5.10 Å². The number of rotatable bonds is 13. The summed E-state index contributed by atoms with van der Waals surface area (Å²) in [6.07, 6.45) is 13.4. The van der Waals surface area contributed by atoms with E-state index in [9.17, 15) is 4.39 Å². The van der Waals surface area contributed by atoms with Crippen molar-refractivity contribution in [2.75, 3.05) is 6.61 Å². The largest absolute Gasteiger partial charge is 0.379 e. The Kier molecular flexibility index (Phi) is 10.3. The first kappa shape index (κ1) is 23.0. The van der Waals surface area contributed by atoms with E-state index in [0.29, 0.717) is 23.8 Å². The Morgan fingerprint density at radius 1 is 1.14 bits per heavy atom. The second-order valence-electron chi connectivity index (χ2n) is 7.36. The average molecular weight is 397 g/mol. The number of ether oxygens (including phenoxy) is 1. The summed E-state index contributed by atoms with van der Waals surface area (Å²) in [5.41, 5.74) is 2.84. The predicted molar refractivity (Wildman–Crippen MR) is 119 cm³/mol. The van der Waals surface area contributed by atoms with Crippen LogP contribution in [0.25, 0.3) is 17.3 Å². The quantitative estimate of drug-likeness (QED) is 0.276. The third-order valence-electron chi connectivity index (χ3n) is 4.82. The highest BCUT2D eigenvalue weighted by Crippen LogP contribution is 2.20. The Hall–Kier alpha value is -2.33. The van der Waals surface area contributed by atoms with E-state index in [4.69, 9.17) is 4.74 Å². The predicted octanol–water partition coefficient (Wildman–Crippen LogP) is 6.79. The molecule has 0 amide bonds. The summed E-state index contributed by atoms with van der Waals surface area (Å²) in [6, 6.07) is 8.93. The Bertz CT molecular complexity index is 771. The zero-order valence-corrected chi connectivity index (χ0v) is 17.7. The molecule has 4 heteroatoms. The van der Waals surface area contributed by atoms with Gasteiger partial charge in [0.05, 0.1) is 17.5 Å². The lowest BCUT2D eigenvalue weighted by Crippen LogP contribution is -2.08. The van der Waals surface area contributed by atoms with Gasteiger partial charge < -0.3 is 4.74 Å². The third-order valence-corrected chi connectivity index (χ3v) is 4.82. The topological polar surface area (TPSA) is 35.0 Å². The summed E-state index contributed by atoms with van der Waals surface area (Å²) in [6.45, 7) is 8.87. The molecule has 0 N–H and O–H groups in total. The molecule has 1 aromatic heterocycles. The average Bonchev–Trinajstić information content (AvgIpc) is 2.73. The molecule has 0 aliphatic carbocycles. The van der Waals surface area contributed by atoms with E-state index < -0.39 is 0 Å². The van der Waals surface area contributed by atoms with Crippen LogP contribution in [-0.2, 0) is 11.2 Å². The van der Waals surface area contributed by atoms with Crippen LogP contribution in [0.4, 0.5) is 4.39 Å². The molecule has 0 spiro atoms. The van der Waals surface area contributed by atoms with Gasteiger partial charge in [-0.25, -0.2) is 4.39 Å². The minimum Gasteiger partial charge on any atom is -0.379 e. The SMILES string of the molecule is C=CCc1ccc(-c2ccc(C=CCCCC(C)OCCCCC)nn2)cc1F. The lowest BCUT2D eigenvalue weighted by molar-refractivity contribution is 0.0566. The summed E-state index contributed by atoms with van der Waals surface area (Å²) >= 11 is 0. The summed E-state index contributed by atoms with van der Waals surface area (Å²) in [4.78, 5) is 0. The van der Waals surface area contributed by atoms with Crippen LogP contribution in [0.2, 0.25) is 0 Å². The molecule has 1 unspecified atom stereocenters. The molecule has 3 nitrogen and oxygen atoms in total. The second kappa shape index (κ2) is 13.0.